The first-order valence-electron chi connectivity index (χ1n) is 7.76. The standard InChI is InChI=1S/C18H22N2OS/c1-14-12-17(15(2)22-14)18(21)20-10-8-19(9-11-20)13-16-6-4-3-5-7-16/h3-7,12H,8-11,13H2,1-2H3. The first-order valence-corrected chi connectivity index (χ1v) is 8.58. The van der Waals surface area contributed by atoms with Crippen molar-refractivity contribution in [3.05, 3.63) is 57.3 Å². The van der Waals surface area contributed by atoms with Crippen LogP contribution in [0.5, 0.6) is 0 Å². The van der Waals surface area contributed by atoms with E-state index in [9.17, 15) is 4.79 Å². The van der Waals surface area contributed by atoms with Crippen molar-refractivity contribution in [3.8, 4) is 0 Å². The summed E-state index contributed by atoms with van der Waals surface area (Å²) in [4.78, 5) is 19.4. The molecule has 1 aliphatic rings. The molecule has 1 fully saturated rings. The SMILES string of the molecule is Cc1cc(C(=O)N2CCN(Cc3ccccc3)CC2)c(C)s1. The number of nitrogens with zero attached hydrogens (tertiary/aromatic N) is 2. The topological polar surface area (TPSA) is 23.6 Å². The Kier molecular flexibility index (Phi) is 4.60. The first-order chi connectivity index (χ1) is 10.6. The lowest BCUT2D eigenvalue weighted by molar-refractivity contribution is 0.0628. The number of thiophene rings is 1. The molecule has 0 radical (unpaired) electrons. The van der Waals surface area contributed by atoms with Gasteiger partial charge in [0.2, 0.25) is 0 Å². The summed E-state index contributed by atoms with van der Waals surface area (Å²) >= 11 is 1.71. The highest BCUT2D eigenvalue weighted by molar-refractivity contribution is 7.12. The van der Waals surface area contributed by atoms with Crippen LogP contribution in [0.2, 0.25) is 0 Å². The van der Waals surface area contributed by atoms with Crippen LogP contribution in [-0.2, 0) is 6.54 Å². The fourth-order valence-corrected chi connectivity index (χ4v) is 3.88. The molecule has 2 aromatic rings. The third-order valence-corrected chi connectivity index (χ3v) is 5.15. The van der Waals surface area contributed by atoms with Gasteiger partial charge in [0.25, 0.3) is 5.91 Å². The van der Waals surface area contributed by atoms with Crippen molar-refractivity contribution in [2.24, 2.45) is 0 Å². The predicted octanol–water partition coefficient (Wildman–Crippen LogP) is 3.32. The molecule has 0 atom stereocenters. The predicted molar refractivity (Wildman–Crippen MR) is 91.4 cm³/mol. The van der Waals surface area contributed by atoms with Gasteiger partial charge < -0.3 is 4.90 Å². The van der Waals surface area contributed by atoms with E-state index in [1.54, 1.807) is 11.3 Å². The molecule has 0 aliphatic carbocycles. The summed E-state index contributed by atoms with van der Waals surface area (Å²) < 4.78 is 0. The van der Waals surface area contributed by atoms with Crippen LogP contribution in [0.3, 0.4) is 0 Å². The molecule has 0 unspecified atom stereocenters. The van der Waals surface area contributed by atoms with Crippen LogP contribution in [0.4, 0.5) is 0 Å². The quantitative estimate of drug-likeness (QED) is 0.867. The van der Waals surface area contributed by atoms with E-state index >= 15 is 0 Å². The average Bonchev–Trinajstić information content (AvgIpc) is 2.87. The van der Waals surface area contributed by atoms with E-state index in [2.05, 4.69) is 36.1 Å². The lowest BCUT2D eigenvalue weighted by atomic mass is 10.1. The van der Waals surface area contributed by atoms with Gasteiger partial charge in [-0.2, -0.15) is 0 Å². The summed E-state index contributed by atoms with van der Waals surface area (Å²) in [6.07, 6.45) is 0. The van der Waals surface area contributed by atoms with Crippen molar-refractivity contribution in [2.45, 2.75) is 20.4 Å². The van der Waals surface area contributed by atoms with Crippen LogP contribution in [0.25, 0.3) is 0 Å². The molecule has 0 spiro atoms. The van der Waals surface area contributed by atoms with Crippen molar-refractivity contribution >= 4 is 17.2 Å². The number of hydrogen-bond donors (Lipinski definition) is 0. The highest BCUT2D eigenvalue weighted by atomic mass is 32.1. The van der Waals surface area contributed by atoms with E-state index in [4.69, 9.17) is 0 Å². The van der Waals surface area contributed by atoms with Crippen LogP contribution in [0.1, 0.15) is 25.7 Å². The summed E-state index contributed by atoms with van der Waals surface area (Å²) in [7, 11) is 0. The van der Waals surface area contributed by atoms with Crippen molar-refractivity contribution in [1.82, 2.24) is 9.80 Å². The smallest absolute Gasteiger partial charge is 0.255 e. The molecule has 22 heavy (non-hydrogen) atoms. The molecule has 0 saturated carbocycles. The zero-order chi connectivity index (χ0) is 15.5. The van der Waals surface area contributed by atoms with Gasteiger partial charge in [-0.3, -0.25) is 9.69 Å². The summed E-state index contributed by atoms with van der Waals surface area (Å²) in [5, 5.41) is 0. The normalized spacial score (nSPS) is 16.0. The van der Waals surface area contributed by atoms with Gasteiger partial charge in [0.1, 0.15) is 0 Å². The Balaban J connectivity index is 1.57. The van der Waals surface area contributed by atoms with Crippen molar-refractivity contribution in [2.75, 3.05) is 26.2 Å². The Morgan fingerprint density at radius 3 is 2.36 bits per heavy atom. The largest absolute Gasteiger partial charge is 0.336 e. The number of amides is 1. The van der Waals surface area contributed by atoms with E-state index in [0.717, 1.165) is 43.2 Å². The average molecular weight is 314 g/mol. The van der Waals surface area contributed by atoms with Gasteiger partial charge in [-0.1, -0.05) is 30.3 Å². The molecule has 1 saturated heterocycles. The number of aryl methyl sites for hydroxylation is 2. The molecule has 1 aromatic heterocycles. The molecule has 0 N–H and O–H groups in total. The molecule has 2 heterocycles. The third kappa shape index (κ3) is 3.39. The monoisotopic (exact) mass is 314 g/mol. The van der Waals surface area contributed by atoms with Crippen LogP contribution in [0.15, 0.2) is 36.4 Å². The van der Waals surface area contributed by atoms with Gasteiger partial charge in [-0.05, 0) is 25.5 Å². The third-order valence-electron chi connectivity index (χ3n) is 4.18. The summed E-state index contributed by atoms with van der Waals surface area (Å²) in [5.74, 6) is 0.196. The Hall–Kier alpha value is -1.65. The number of carbonyl (C=O) groups excluding carboxylic acids is 1. The highest BCUT2D eigenvalue weighted by Crippen LogP contribution is 2.22. The van der Waals surface area contributed by atoms with E-state index in [1.807, 2.05) is 24.0 Å². The fraction of sp³-hybridized carbons (Fsp3) is 0.389. The Morgan fingerprint density at radius 2 is 1.77 bits per heavy atom. The summed E-state index contributed by atoms with van der Waals surface area (Å²) in [6, 6.07) is 12.6. The van der Waals surface area contributed by atoms with E-state index in [-0.39, 0.29) is 5.91 Å². The molecular formula is C18H22N2OS. The zero-order valence-electron chi connectivity index (χ0n) is 13.2. The number of piperazine rings is 1. The number of benzene rings is 1. The first kappa shape index (κ1) is 15.3. The fourth-order valence-electron chi connectivity index (χ4n) is 2.96. The highest BCUT2D eigenvalue weighted by Gasteiger charge is 2.23. The van der Waals surface area contributed by atoms with Crippen LogP contribution in [0, 0.1) is 13.8 Å². The molecule has 1 amide bonds. The minimum atomic E-state index is 0.196. The van der Waals surface area contributed by atoms with Crippen molar-refractivity contribution in [1.29, 1.82) is 0 Å². The summed E-state index contributed by atoms with van der Waals surface area (Å²) in [5.41, 5.74) is 2.23. The molecule has 1 aromatic carbocycles. The van der Waals surface area contributed by atoms with E-state index in [1.165, 1.54) is 10.4 Å². The lowest BCUT2D eigenvalue weighted by Crippen LogP contribution is -2.48. The molecular weight excluding hydrogens is 292 g/mol. The molecule has 3 nitrogen and oxygen atoms in total. The maximum Gasteiger partial charge on any atom is 0.255 e. The second-order valence-corrected chi connectivity index (χ2v) is 7.34. The van der Waals surface area contributed by atoms with Gasteiger partial charge in [0.05, 0.1) is 5.56 Å². The Labute approximate surface area is 136 Å². The Bertz CT molecular complexity index is 642. The number of rotatable bonds is 3. The van der Waals surface area contributed by atoms with Gasteiger partial charge in [0, 0.05) is 42.5 Å². The minimum absolute atomic E-state index is 0.196. The van der Waals surface area contributed by atoms with Crippen LogP contribution >= 0.6 is 11.3 Å². The summed E-state index contributed by atoms with van der Waals surface area (Å²) in [6.45, 7) is 8.61. The van der Waals surface area contributed by atoms with Gasteiger partial charge in [0.15, 0.2) is 0 Å². The van der Waals surface area contributed by atoms with Gasteiger partial charge >= 0.3 is 0 Å². The second kappa shape index (κ2) is 6.63. The van der Waals surface area contributed by atoms with Gasteiger partial charge in [-0.25, -0.2) is 0 Å². The van der Waals surface area contributed by atoms with Crippen LogP contribution in [-0.4, -0.2) is 41.9 Å². The minimum Gasteiger partial charge on any atom is -0.336 e. The molecule has 1 aliphatic heterocycles. The molecule has 0 bridgehead atoms. The van der Waals surface area contributed by atoms with Crippen molar-refractivity contribution < 1.29 is 4.79 Å². The van der Waals surface area contributed by atoms with Crippen LogP contribution < -0.4 is 0 Å². The van der Waals surface area contributed by atoms with E-state index in [0.29, 0.717) is 0 Å². The van der Waals surface area contributed by atoms with E-state index < -0.39 is 0 Å². The molecule has 4 heteroatoms. The van der Waals surface area contributed by atoms with Crippen molar-refractivity contribution in [3.63, 3.8) is 0 Å². The van der Waals surface area contributed by atoms with Gasteiger partial charge in [-0.15, -0.1) is 11.3 Å². The maximum absolute atomic E-state index is 12.6. The zero-order valence-corrected chi connectivity index (χ0v) is 14.0. The lowest BCUT2D eigenvalue weighted by Gasteiger charge is -2.34. The maximum atomic E-state index is 12.6. The Morgan fingerprint density at radius 1 is 1.09 bits per heavy atom. The number of hydrogen-bond acceptors (Lipinski definition) is 3. The second-order valence-electron chi connectivity index (χ2n) is 5.88. The molecule has 3 rings (SSSR count). The molecule has 116 valence electrons. The number of carbonyl (C=O) groups is 1.